The SMILES string of the molecule is CCC(C)N(C)c1ncncc1CNC(C)C. The summed E-state index contributed by atoms with van der Waals surface area (Å²) in [5.74, 6) is 1.03. The van der Waals surface area contributed by atoms with Crippen molar-refractivity contribution in [2.75, 3.05) is 11.9 Å². The number of anilines is 1. The van der Waals surface area contributed by atoms with Crippen molar-refractivity contribution >= 4 is 5.82 Å². The van der Waals surface area contributed by atoms with E-state index in [0.717, 1.165) is 24.3 Å². The molecule has 0 bridgehead atoms. The molecule has 1 heterocycles. The molecule has 1 aromatic rings. The summed E-state index contributed by atoms with van der Waals surface area (Å²) >= 11 is 0. The van der Waals surface area contributed by atoms with Crippen molar-refractivity contribution in [3.05, 3.63) is 18.1 Å². The Labute approximate surface area is 104 Å². The zero-order valence-electron chi connectivity index (χ0n) is 11.6. The van der Waals surface area contributed by atoms with E-state index < -0.39 is 0 Å². The highest BCUT2D eigenvalue weighted by atomic mass is 15.2. The fourth-order valence-electron chi connectivity index (χ4n) is 1.59. The molecule has 0 fully saturated rings. The van der Waals surface area contributed by atoms with Gasteiger partial charge in [-0.25, -0.2) is 9.97 Å². The molecule has 96 valence electrons. The molecule has 1 N–H and O–H groups in total. The van der Waals surface area contributed by atoms with E-state index >= 15 is 0 Å². The Kier molecular flexibility index (Phi) is 5.35. The third kappa shape index (κ3) is 3.97. The van der Waals surface area contributed by atoms with Crippen molar-refractivity contribution in [2.24, 2.45) is 0 Å². The zero-order chi connectivity index (χ0) is 12.8. The Morgan fingerprint density at radius 3 is 2.65 bits per heavy atom. The molecule has 0 spiro atoms. The highest BCUT2D eigenvalue weighted by molar-refractivity contribution is 5.45. The van der Waals surface area contributed by atoms with Crippen molar-refractivity contribution in [3.8, 4) is 0 Å². The van der Waals surface area contributed by atoms with Crippen LogP contribution >= 0.6 is 0 Å². The summed E-state index contributed by atoms with van der Waals surface area (Å²) in [6, 6.07) is 0.958. The third-order valence-electron chi connectivity index (χ3n) is 3.05. The van der Waals surface area contributed by atoms with Gasteiger partial charge in [-0.15, -0.1) is 0 Å². The number of nitrogens with one attached hydrogen (secondary N) is 1. The second kappa shape index (κ2) is 6.55. The van der Waals surface area contributed by atoms with Gasteiger partial charge < -0.3 is 10.2 Å². The van der Waals surface area contributed by atoms with Crippen LogP contribution in [0.15, 0.2) is 12.5 Å². The summed E-state index contributed by atoms with van der Waals surface area (Å²) in [5, 5.41) is 3.41. The summed E-state index contributed by atoms with van der Waals surface area (Å²) < 4.78 is 0. The van der Waals surface area contributed by atoms with E-state index in [9.17, 15) is 0 Å². The Hall–Kier alpha value is -1.16. The van der Waals surface area contributed by atoms with Gasteiger partial charge in [-0.3, -0.25) is 0 Å². The van der Waals surface area contributed by atoms with E-state index in [1.807, 2.05) is 6.20 Å². The highest BCUT2D eigenvalue weighted by Crippen LogP contribution is 2.18. The van der Waals surface area contributed by atoms with Gasteiger partial charge in [0, 0.05) is 37.4 Å². The number of hydrogen-bond acceptors (Lipinski definition) is 4. The Morgan fingerprint density at radius 1 is 1.35 bits per heavy atom. The molecule has 0 radical (unpaired) electrons. The van der Waals surface area contributed by atoms with E-state index in [4.69, 9.17) is 0 Å². The largest absolute Gasteiger partial charge is 0.357 e. The van der Waals surface area contributed by atoms with Gasteiger partial charge in [-0.05, 0) is 13.3 Å². The van der Waals surface area contributed by atoms with E-state index in [-0.39, 0.29) is 0 Å². The second-order valence-electron chi connectivity index (χ2n) is 4.78. The fraction of sp³-hybridized carbons (Fsp3) is 0.692. The van der Waals surface area contributed by atoms with Crippen molar-refractivity contribution in [3.63, 3.8) is 0 Å². The highest BCUT2D eigenvalue weighted by Gasteiger charge is 2.13. The second-order valence-corrected chi connectivity index (χ2v) is 4.78. The van der Waals surface area contributed by atoms with E-state index in [2.05, 4.69) is 54.9 Å². The lowest BCUT2D eigenvalue weighted by Gasteiger charge is -2.26. The van der Waals surface area contributed by atoms with E-state index in [0.29, 0.717) is 12.1 Å². The molecular weight excluding hydrogens is 212 g/mol. The van der Waals surface area contributed by atoms with Crippen molar-refractivity contribution in [1.82, 2.24) is 15.3 Å². The van der Waals surface area contributed by atoms with Gasteiger partial charge in [0.2, 0.25) is 0 Å². The molecule has 0 aliphatic rings. The molecule has 0 aromatic carbocycles. The average molecular weight is 236 g/mol. The minimum absolute atomic E-state index is 0.469. The van der Waals surface area contributed by atoms with E-state index in [1.165, 1.54) is 0 Å². The van der Waals surface area contributed by atoms with Crippen LogP contribution in [0.5, 0.6) is 0 Å². The zero-order valence-corrected chi connectivity index (χ0v) is 11.6. The summed E-state index contributed by atoms with van der Waals surface area (Å²) in [6.07, 6.45) is 4.63. The van der Waals surface area contributed by atoms with Crippen LogP contribution < -0.4 is 10.2 Å². The Bertz CT molecular complexity index is 338. The average Bonchev–Trinajstić information content (AvgIpc) is 2.34. The summed E-state index contributed by atoms with van der Waals surface area (Å²) in [6.45, 7) is 9.49. The summed E-state index contributed by atoms with van der Waals surface area (Å²) in [7, 11) is 2.09. The van der Waals surface area contributed by atoms with Crippen molar-refractivity contribution < 1.29 is 0 Å². The Morgan fingerprint density at radius 2 is 2.06 bits per heavy atom. The maximum atomic E-state index is 4.40. The molecule has 1 atom stereocenters. The lowest BCUT2D eigenvalue weighted by Crippen LogP contribution is -2.31. The van der Waals surface area contributed by atoms with Gasteiger partial charge in [-0.2, -0.15) is 0 Å². The molecule has 4 nitrogen and oxygen atoms in total. The van der Waals surface area contributed by atoms with Crippen LogP contribution in [0.25, 0.3) is 0 Å². The maximum Gasteiger partial charge on any atom is 0.136 e. The van der Waals surface area contributed by atoms with Gasteiger partial charge in [0.05, 0.1) is 0 Å². The molecule has 0 saturated carbocycles. The summed E-state index contributed by atoms with van der Waals surface area (Å²) in [4.78, 5) is 10.7. The minimum atomic E-state index is 0.469. The van der Waals surface area contributed by atoms with Crippen LogP contribution in [0.2, 0.25) is 0 Å². The van der Waals surface area contributed by atoms with Crippen LogP contribution in [0.3, 0.4) is 0 Å². The molecule has 0 saturated heterocycles. The molecule has 0 aliphatic heterocycles. The lowest BCUT2D eigenvalue weighted by atomic mass is 10.2. The molecule has 0 aliphatic carbocycles. The monoisotopic (exact) mass is 236 g/mol. The molecule has 17 heavy (non-hydrogen) atoms. The number of rotatable bonds is 6. The first-order valence-corrected chi connectivity index (χ1v) is 6.31. The van der Waals surface area contributed by atoms with Gasteiger partial charge >= 0.3 is 0 Å². The smallest absolute Gasteiger partial charge is 0.136 e. The topological polar surface area (TPSA) is 41.1 Å². The predicted octanol–water partition coefficient (Wildman–Crippen LogP) is 2.21. The molecule has 0 amide bonds. The van der Waals surface area contributed by atoms with Crippen molar-refractivity contribution in [2.45, 2.75) is 52.7 Å². The van der Waals surface area contributed by atoms with Gasteiger partial charge in [0.15, 0.2) is 0 Å². The maximum absolute atomic E-state index is 4.40. The molecule has 4 heteroatoms. The van der Waals surface area contributed by atoms with Gasteiger partial charge in [0.1, 0.15) is 12.1 Å². The minimum Gasteiger partial charge on any atom is -0.357 e. The first-order valence-electron chi connectivity index (χ1n) is 6.31. The number of hydrogen-bond donors (Lipinski definition) is 1. The molecule has 1 unspecified atom stereocenters. The van der Waals surface area contributed by atoms with Crippen LogP contribution in [0.1, 0.15) is 39.7 Å². The first kappa shape index (κ1) is 13.9. The van der Waals surface area contributed by atoms with E-state index in [1.54, 1.807) is 6.33 Å². The molecule has 1 aromatic heterocycles. The van der Waals surface area contributed by atoms with Crippen LogP contribution in [0, 0.1) is 0 Å². The number of nitrogens with zero attached hydrogens (tertiary/aromatic N) is 3. The van der Waals surface area contributed by atoms with Crippen LogP contribution in [-0.2, 0) is 6.54 Å². The van der Waals surface area contributed by atoms with Crippen LogP contribution in [0.4, 0.5) is 5.82 Å². The lowest BCUT2D eigenvalue weighted by molar-refractivity contribution is 0.582. The fourth-order valence-corrected chi connectivity index (χ4v) is 1.59. The molecule has 1 rings (SSSR count). The van der Waals surface area contributed by atoms with Gasteiger partial charge in [-0.1, -0.05) is 20.8 Å². The summed E-state index contributed by atoms with van der Waals surface area (Å²) in [5.41, 5.74) is 1.16. The standard InChI is InChI=1S/C13H24N4/c1-6-11(4)17(5)13-12(7-14-9-16-13)8-15-10(2)3/h7,9-11,15H,6,8H2,1-5H3. The Balaban J connectivity index is 2.83. The number of aromatic nitrogens is 2. The predicted molar refractivity (Wildman–Crippen MR) is 72.2 cm³/mol. The van der Waals surface area contributed by atoms with Gasteiger partial charge in [0.25, 0.3) is 0 Å². The van der Waals surface area contributed by atoms with Crippen LogP contribution in [-0.4, -0.2) is 29.1 Å². The normalized spacial score (nSPS) is 12.8. The molecular formula is C13H24N4. The third-order valence-corrected chi connectivity index (χ3v) is 3.05. The quantitative estimate of drug-likeness (QED) is 0.822. The first-order chi connectivity index (χ1) is 8.06. The van der Waals surface area contributed by atoms with Crippen molar-refractivity contribution in [1.29, 1.82) is 0 Å².